The molecule has 1 aliphatic rings. The predicted molar refractivity (Wildman–Crippen MR) is 78.8 cm³/mol. The van der Waals surface area contributed by atoms with Crippen molar-refractivity contribution in [3.63, 3.8) is 0 Å². The third-order valence-electron chi connectivity index (χ3n) is 3.51. The van der Waals surface area contributed by atoms with E-state index in [9.17, 15) is 0 Å². The minimum atomic E-state index is 0.692. The van der Waals surface area contributed by atoms with Crippen LogP contribution in [0.15, 0.2) is 12.1 Å². The first-order valence-electron chi connectivity index (χ1n) is 6.79. The number of nitrogens with one attached hydrogen (secondary N) is 1. The summed E-state index contributed by atoms with van der Waals surface area (Å²) in [5, 5.41) is 3.81. The zero-order valence-electron chi connectivity index (χ0n) is 11.7. The van der Waals surface area contributed by atoms with E-state index < -0.39 is 0 Å². The van der Waals surface area contributed by atoms with E-state index in [2.05, 4.69) is 22.2 Å². The first-order valence-corrected chi connectivity index (χ1v) is 7.17. The summed E-state index contributed by atoms with van der Waals surface area (Å²) in [7, 11) is 3.99. The zero-order valence-corrected chi connectivity index (χ0v) is 12.4. The Kier molecular flexibility index (Phi) is 5.43. The summed E-state index contributed by atoms with van der Waals surface area (Å²) >= 11 is 6.13. The quantitative estimate of drug-likeness (QED) is 0.900. The molecular weight excluding hydrogens is 262 g/mol. The van der Waals surface area contributed by atoms with Gasteiger partial charge in [0.2, 0.25) is 0 Å². The van der Waals surface area contributed by atoms with Crippen molar-refractivity contribution in [2.75, 3.05) is 38.8 Å². The van der Waals surface area contributed by atoms with E-state index in [-0.39, 0.29) is 0 Å². The van der Waals surface area contributed by atoms with Gasteiger partial charge in [0.25, 0.3) is 0 Å². The number of pyridine rings is 1. The number of halogens is 1. The van der Waals surface area contributed by atoms with Crippen molar-refractivity contribution >= 4 is 17.4 Å². The van der Waals surface area contributed by atoms with Crippen LogP contribution in [0.4, 0.5) is 5.82 Å². The predicted octanol–water partition coefficient (Wildman–Crippen LogP) is 2.32. The fourth-order valence-corrected chi connectivity index (χ4v) is 2.56. The highest BCUT2D eigenvalue weighted by atomic mass is 35.5. The molecule has 0 unspecified atom stereocenters. The number of ether oxygens (including phenoxy) is 1. The smallest absolute Gasteiger partial charge is 0.128 e. The number of hydrogen-bond acceptors (Lipinski definition) is 4. The maximum absolute atomic E-state index is 6.13. The molecule has 0 saturated carbocycles. The van der Waals surface area contributed by atoms with Gasteiger partial charge in [-0.05, 0) is 37.9 Å². The van der Waals surface area contributed by atoms with Gasteiger partial charge in [-0.15, -0.1) is 0 Å². The molecule has 1 saturated heterocycles. The average molecular weight is 284 g/mol. The SMILES string of the molecule is CNCc1nc(N(C)CC2CCOCC2)ccc1Cl. The molecule has 1 N–H and O–H groups in total. The summed E-state index contributed by atoms with van der Waals surface area (Å²) < 4.78 is 5.39. The van der Waals surface area contributed by atoms with Gasteiger partial charge in [0, 0.05) is 33.4 Å². The van der Waals surface area contributed by atoms with E-state index in [0.29, 0.717) is 12.5 Å². The van der Waals surface area contributed by atoms with Gasteiger partial charge < -0.3 is 15.0 Å². The Bertz CT molecular complexity index is 408. The van der Waals surface area contributed by atoms with Crippen molar-refractivity contribution < 1.29 is 4.74 Å². The Morgan fingerprint density at radius 1 is 1.42 bits per heavy atom. The Hall–Kier alpha value is -0.840. The van der Waals surface area contributed by atoms with Gasteiger partial charge in [0.1, 0.15) is 5.82 Å². The van der Waals surface area contributed by atoms with Gasteiger partial charge in [0.15, 0.2) is 0 Å². The molecule has 0 aliphatic carbocycles. The Labute approximate surface area is 120 Å². The molecule has 0 spiro atoms. The second-order valence-corrected chi connectivity index (χ2v) is 5.47. The van der Waals surface area contributed by atoms with Crippen LogP contribution in [0.25, 0.3) is 0 Å². The molecule has 0 aromatic carbocycles. The maximum Gasteiger partial charge on any atom is 0.128 e. The third kappa shape index (κ3) is 4.06. The Morgan fingerprint density at radius 3 is 2.84 bits per heavy atom. The molecule has 1 aliphatic heterocycles. The highest BCUT2D eigenvalue weighted by molar-refractivity contribution is 6.31. The normalized spacial score (nSPS) is 16.6. The molecule has 0 atom stereocenters. The number of aromatic nitrogens is 1. The number of anilines is 1. The van der Waals surface area contributed by atoms with Crippen LogP contribution >= 0.6 is 11.6 Å². The van der Waals surface area contributed by atoms with Crippen LogP contribution in [0.1, 0.15) is 18.5 Å². The summed E-state index contributed by atoms with van der Waals surface area (Å²) in [6, 6.07) is 3.91. The van der Waals surface area contributed by atoms with Crippen molar-refractivity contribution in [3.8, 4) is 0 Å². The van der Waals surface area contributed by atoms with Crippen LogP contribution in [0.5, 0.6) is 0 Å². The molecule has 4 nitrogen and oxygen atoms in total. The molecule has 2 heterocycles. The summed E-state index contributed by atoms with van der Waals surface area (Å²) in [6.45, 7) is 3.49. The number of hydrogen-bond donors (Lipinski definition) is 1. The second kappa shape index (κ2) is 7.08. The lowest BCUT2D eigenvalue weighted by molar-refractivity contribution is 0.0685. The molecule has 2 rings (SSSR count). The van der Waals surface area contributed by atoms with E-state index in [1.54, 1.807) is 0 Å². The molecule has 1 aromatic heterocycles. The monoisotopic (exact) mass is 283 g/mol. The van der Waals surface area contributed by atoms with E-state index in [1.807, 2.05) is 19.2 Å². The van der Waals surface area contributed by atoms with Crippen LogP contribution in [0, 0.1) is 5.92 Å². The average Bonchev–Trinajstić information content (AvgIpc) is 2.42. The van der Waals surface area contributed by atoms with E-state index in [1.165, 1.54) is 0 Å². The van der Waals surface area contributed by atoms with Crippen molar-refractivity contribution in [1.82, 2.24) is 10.3 Å². The van der Waals surface area contributed by atoms with Crippen molar-refractivity contribution in [3.05, 3.63) is 22.8 Å². The van der Waals surface area contributed by atoms with Crippen molar-refractivity contribution in [2.45, 2.75) is 19.4 Å². The lowest BCUT2D eigenvalue weighted by atomic mass is 10.00. The van der Waals surface area contributed by atoms with Gasteiger partial charge in [-0.2, -0.15) is 0 Å². The van der Waals surface area contributed by atoms with E-state index in [0.717, 1.165) is 49.1 Å². The molecule has 0 amide bonds. The zero-order chi connectivity index (χ0) is 13.7. The minimum Gasteiger partial charge on any atom is -0.381 e. The molecule has 5 heteroatoms. The van der Waals surface area contributed by atoms with Gasteiger partial charge >= 0.3 is 0 Å². The molecule has 0 radical (unpaired) electrons. The lowest BCUT2D eigenvalue weighted by Crippen LogP contribution is -2.30. The molecule has 1 fully saturated rings. The molecule has 106 valence electrons. The minimum absolute atomic E-state index is 0.692. The van der Waals surface area contributed by atoms with Crippen LogP contribution in [-0.4, -0.2) is 38.8 Å². The first-order chi connectivity index (χ1) is 9.20. The van der Waals surface area contributed by atoms with Crippen molar-refractivity contribution in [2.24, 2.45) is 5.92 Å². The van der Waals surface area contributed by atoms with Gasteiger partial charge in [-0.1, -0.05) is 11.6 Å². The van der Waals surface area contributed by atoms with Crippen molar-refractivity contribution in [1.29, 1.82) is 0 Å². The van der Waals surface area contributed by atoms with Crippen LogP contribution < -0.4 is 10.2 Å². The molecular formula is C14H22ClN3O. The number of rotatable bonds is 5. The maximum atomic E-state index is 6.13. The highest BCUT2D eigenvalue weighted by Gasteiger charge is 2.17. The summed E-state index contributed by atoms with van der Waals surface area (Å²) in [6.07, 6.45) is 2.28. The standard InChI is InChI=1S/C14H22ClN3O/c1-16-9-13-12(15)3-4-14(17-13)18(2)10-11-5-7-19-8-6-11/h3-4,11,16H,5-10H2,1-2H3. The summed E-state index contributed by atoms with van der Waals surface area (Å²) in [4.78, 5) is 6.84. The van der Waals surface area contributed by atoms with E-state index in [4.69, 9.17) is 16.3 Å². The van der Waals surface area contributed by atoms with Crippen LogP contribution in [-0.2, 0) is 11.3 Å². The highest BCUT2D eigenvalue weighted by Crippen LogP contribution is 2.21. The van der Waals surface area contributed by atoms with Crippen LogP contribution in [0.2, 0.25) is 5.02 Å². The third-order valence-corrected chi connectivity index (χ3v) is 3.86. The van der Waals surface area contributed by atoms with Gasteiger partial charge in [-0.25, -0.2) is 4.98 Å². The largest absolute Gasteiger partial charge is 0.381 e. The topological polar surface area (TPSA) is 37.4 Å². The fraction of sp³-hybridized carbons (Fsp3) is 0.643. The second-order valence-electron chi connectivity index (χ2n) is 5.06. The lowest BCUT2D eigenvalue weighted by Gasteiger charge is -2.28. The molecule has 0 bridgehead atoms. The van der Waals surface area contributed by atoms with Gasteiger partial charge in [0.05, 0.1) is 10.7 Å². The Morgan fingerprint density at radius 2 is 2.16 bits per heavy atom. The molecule has 19 heavy (non-hydrogen) atoms. The first kappa shape index (κ1) is 14.6. The fourth-order valence-electron chi connectivity index (χ4n) is 2.39. The summed E-state index contributed by atoms with van der Waals surface area (Å²) in [5.41, 5.74) is 0.903. The van der Waals surface area contributed by atoms with E-state index >= 15 is 0 Å². The van der Waals surface area contributed by atoms with Gasteiger partial charge in [-0.3, -0.25) is 0 Å². The molecule has 1 aromatic rings. The Balaban J connectivity index is 2.01. The summed E-state index contributed by atoms with van der Waals surface area (Å²) in [5.74, 6) is 1.69. The number of nitrogens with zero attached hydrogens (tertiary/aromatic N) is 2. The van der Waals surface area contributed by atoms with Crippen LogP contribution in [0.3, 0.4) is 0 Å².